The fourth-order valence-corrected chi connectivity index (χ4v) is 4.70. The lowest BCUT2D eigenvalue weighted by molar-refractivity contribution is 0.103. The van der Waals surface area contributed by atoms with E-state index < -0.39 is 0 Å². The predicted octanol–water partition coefficient (Wildman–Crippen LogP) is 5.37. The third-order valence-corrected chi connectivity index (χ3v) is 6.72. The fraction of sp³-hybridized carbons (Fsp3) is 0.423. The molecule has 1 aliphatic rings. The van der Waals surface area contributed by atoms with Gasteiger partial charge < -0.3 is 14.4 Å². The van der Waals surface area contributed by atoms with E-state index in [0.717, 1.165) is 35.3 Å². The molecule has 1 fully saturated rings. The molecule has 0 bridgehead atoms. The van der Waals surface area contributed by atoms with Crippen LogP contribution in [0.5, 0.6) is 0 Å². The monoisotopic (exact) mass is 403 g/mol. The zero-order chi connectivity index (χ0) is 21.3. The number of anilines is 1. The van der Waals surface area contributed by atoms with Crippen molar-refractivity contribution in [3.63, 3.8) is 0 Å². The molecule has 3 aromatic rings. The van der Waals surface area contributed by atoms with Gasteiger partial charge >= 0.3 is 0 Å². The van der Waals surface area contributed by atoms with Crippen LogP contribution >= 0.6 is 0 Å². The minimum atomic E-state index is 0.0795. The lowest BCUT2D eigenvalue weighted by atomic mass is 9.99. The second kappa shape index (κ2) is 8.65. The lowest BCUT2D eigenvalue weighted by Crippen LogP contribution is -2.40. The van der Waals surface area contributed by atoms with Crippen molar-refractivity contribution in [2.45, 2.75) is 45.2 Å². The molecule has 1 aliphatic heterocycles. The number of hydrogen-bond donors (Lipinski definition) is 0. The van der Waals surface area contributed by atoms with E-state index >= 15 is 0 Å². The van der Waals surface area contributed by atoms with E-state index in [9.17, 15) is 4.79 Å². The molecule has 0 aliphatic carbocycles. The van der Waals surface area contributed by atoms with Crippen LogP contribution in [0, 0.1) is 0 Å². The second-order valence-corrected chi connectivity index (χ2v) is 8.76. The number of likely N-dealkylation sites (tertiary alicyclic amines) is 1. The van der Waals surface area contributed by atoms with Gasteiger partial charge in [-0.15, -0.1) is 0 Å². The molecular formula is C26H33N3O. The molecule has 1 atom stereocenters. The molecule has 0 spiro atoms. The highest BCUT2D eigenvalue weighted by atomic mass is 16.1. The van der Waals surface area contributed by atoms with Gasteiger partial charge in [-0.05, 0) is 62.6 Å². The second-order valence-electron chi connectivity index (χ2n) is 8.76. The van der Waals surface area contributed by atoms with Crippen molar-refractivity contribution in [3.05, 3.63) is 65.9 Å². The number of carbonyl (C=O) groups is 1. The Morgan fingerprint density at radius 3 is 2.53 bits per heavy atom. The first-order valence-electron chi connectivity index (χ1n) is 11.1. The van der Waals surface area contributed by atoms with E-state index in [1.54, 1.807) is 0 Å². The van der Waals surface area contributed by atoms with Crippen molar-refractivity contribution in [1.29, 1.82) is 0 Å². The van der Waals surface area contributed by atoms with E-state index in [1.807, 2.05) is 49.3 Å². The molecule has 2 aromatic carbocycles. The Hall–Kier alpha value is -2.59. The van der Waals surface area contributed by atoms with Crippen LogP contribution in [-0.2, 0) is 0 Å². The molecule has 4 heteroatoms. The lowest BCUT2D eigenvalue weighted by Gasteiger charge is -2.36. The average molecular weight is 404 g/mol. The highest BCUT2D eigenvalue weighted by Crippen LogP contribution is 2.30. The van der Waals surface area contributed by atoms with Gasteiger partial charge in [-0.3, -0.25) is 4.79 Å². The molecule has 1 saturated heterocycles. The van der Waals surface area contributed by atoms with Crippen LogP contribution in [0.2, 0.25) is 0 Å². The number of fused-ring (bicyclic) bond motifs is 1. The quantitative estimate of drug-likeness (QED) is 0.518. The van der Waals surface area contributed by atoms with Crippen LogP contribution in [0.25, 0.3) is 10.9 Å². The van der Waals surface area contributed by atoms with Gasteiger partial charge in [-0.2, -0.15) is 0 Å². The predicted molar refractivity (Wildman–Crippen MR) is 126 cm³/mol. The standard InChI is InChI=1S/C26H33N3O/c1-5-19(2)28-15-13-22(14-16-28)29-17-12-20-18-21(10-11-24(20)29)26(30)23-8-6-7-9-25(23)27(3)4/h6-12,17-19,22H,5,13-16H2,1-4H3. The number of rotatable bonds is 6. The smallest absolute Gasteiger partial charge is 0.195 e. The molecule has 4 nitrogen and oxygen atoms in total. The van der Waals surface area contributed by atoms with Crippen molar-refractivity contribution in [1.82, 2.24) is 9.47 Å². The number of benzene rings is 2. The molecule has 0 N–H and O–H groups in total. The van der Waals surface area contributed by atoms with Crippen LogP contribution in [0.3, 0.4) is 0 Å². The molecule has 0 saturated carbocycles. The summed E-state index contributed by atoms with van der Waals surface area (Å²) in [4.78, 5) is 17.8. The van der Waals surface area contributed by atoms with E-state index in [1.165, 1.54) is 24.8 Å². The summed E-state index contributed by atoms with van der Waals surface area (Å²) in [5.41, 5.74) is 3.68. The number of carbonyl (C=O) groups excluding carboxylic acids is 1. The van der Waals surface area contributed by atoms with Crippen LogP contribution in [0.4, 0.5) is 5.69 Å². The molecule has 2 heterocycles. The Morgan fingerprint density at radius 2 is 1.83 bits per heavy atom. The molecule has 4 rings (SSSR count). The summed E-state index contributed by atoms with van der Waals surface area (Å²) in [6.07, 6.45) is 5.79. The van der Waals surface area contributed by atoms with Gasteiger partial charge in [0.1, 0.15) is 0 Å². The highest BCUT2D eigenvalue weighted by Gasteiger charge is 2.24. The highest BCUT2D eigenvalue weighted by molar-refractivity contribution is 6.13. The molecule has 1 aromatic heterocycles. The maximum absolute atomic E-state index is 13.2. The maximum atomic E-state index is 13.2. The van der Waals surface area contributed by atoms with Crippen LogP contribution in [0.1, 0.15) is 55.1 Å². The van der Waals surface area contributed by atoms with E-state index in [-0.39, 0.29) is 5.78 Å². The maximum Gasteiger partial charge on any atom is 0.195 e. The van der Waals surface area contributed by atoms with Gasteiger partial charge in [-0.1, -0.05) is 19.1 Å². The largest absolute Gasteiger partial charge is 0.377 e. The number of hydrogen-bond acceptors (Lipinski definition) is 3. The van der Waals surface area contributed by atoms with Gasteiger partial charge in [-0.25, -0.2) is 0 Å². The normalized spacial score (nSPS) is 16.7. The van der Waals surface area contributed by atoms with Gasteiger partial charge in [0, 0.05) is 73.2 Å². The van der Waals surface area contributed by atoms with E-state index in [4.69, 9.17) is 0 Å². The summed E-state index contributed by atoms with van der Waals surface area (Å²) < 4.78 is 2.42. The van der Waals surface area contributed by atoms with Crippen molar-refractivity contribution in [2.24, 2.45) is 0 Å². The Kier molecular flexibility index (Phi) is 5.96. The SMILES string of the molecule is CCC(C)N1CCC(n2ccc3cc(C(=O)c4ccccc4N(C)C)ccc32)CC1. The Balaban J connectivity index is 1.57. The number of nitrogens with zero attached hydrogens (tertiary/aromatic N) is 3. The summed E-state index contributed by atoms with van der Waals surface area (Å²) in [7, 11) is 3.95. The van der Waals surface area contributed by atoms with E-state index in [0.29, 0.717) is 12.1 Å². The van der Waals surface area contributed by atoms with Gasteiger partial charge in [0.15, 0.2) is 5.78 Å². The van der Waals surface area contributed by atoms with Gasteiger partial charge in [0.05, 0.1) is 0 Å². The summed E-state index contributed by atoms with van der Waals surface area (Å²) in [5.74, 6) is 0.0795. The molecule has 1 unspecified atom stereocenters. The third kappa shape index (κ3) is 3.89. The number of ketones is 1. The van der Waals surface area contributed by atoms with Crippen LogP contribution in [-0.4, -0.2) is 48.5 Å². The first-order valence-corrected chi connectivity index (χ1v) is 11.1. The third-order valence-electron chi connectivity index (χ3n) is 6.72. The Morgan fingerprint density at radius 1 is 1.10 bits per heavy atom. The molecule has 30 heavy (non-hydrogen) atoms. The summed E-state index contributed by atoms with van der Waals surface area (Å²) in [6, 6.07) is 17.4. The molecule has 158 valence electrons. The average Bonchev–Trinajstić information content (AvgIpc) is 3.21. The number of para-hydroxylation sites is 1. The van der Waals surface area contributed by atoms with Crippen molar-refractivity contribution < 1.29 is 4.79 Å². The Bertz CT molecular complexity index is 1030. The minimum absolute atomic E-state index is 0.0795. The van der Waals surface area contributed by atoms with Gasteiger partial charge in [0.25, 0.3) is 0 Å². The topological polar surface area (TPSA) is 28.5 Å². The van der Waals surface area contributed by atoms with Crippen molar-refractivity contribution >= 4 is 22.4 Å². The fourth-order valence-electron chi connectivity index (χ4n) is 4.70. The number of piperidine rings is 1. The van der Waals surface area contributed by atoms with Crippen LogP contribution in [0.15, 0.2) is 54.7 Å². The van der Waals surface area contributed by atoms with Gasteiger partial charge in [0.2, 0.25) is 0 Å². The first-order chi connectivity index (χ1) is 14.5. The minimum Gasteiger partial charge on any atom is -0.377 e. The first kappa shape index (κ1) is 20.7. The van der Waals surface area contributed by atoms with Crippen LogP contribution < -0.4 is 4.90 Å². The van der Waals surface area contributed by atoms with E-state index in [2.05, 4.69) is 47.7 Å². The Labute approximate surface area is 180 Å². The molecule has 0 amide bonds. The molecule has 0 radical (unpaired) electrons. The van der Waals surface area contributed by atoms with Crippen molar-refractivity contribution in [3.8, 4) is 0 Å². The summed E-state index contributed by atoms with van der Waals surface area (Å²) >= 11 is 0. The number of aromatic nitrogens is 1. The summed E-state index contributed by atoms with van der Waals surface area (Å²) in [6.45, 7) is 6.93. The molecular weight excluding hydrogens is 370 g/mol. The van der Waals surface area contributed by atoms with Crippen molar-refractivity contribution in [2.75, 3.05) is 32.1 Å². The summed E-state index contributed by atoms with van der Waals surface area (Å²) in [5, 5.41) is 1.15. The zero-order valence-corrected chi connectivity index (χ0v) is 18.6. The zero-order valence-electron chi connectivity index (χ0n) is 18.6.